The fraction of sp³-hybridized carbons (Fsp3) is 0.455. The molecule has 1 aromatic carbocycles. The molecule has 2 aromatic rings. The van der Waals surface area contributed by atoms with E-state index in [1.807, 2.05) is 6.92 Å². The van der Waals surface area contributed by atoms with Gasteiger partial charge in [0.2, 0.25) is 5.91 Å². The zero-order valence-electron chi connectivity index (χ0n) is 16.0. The van der Waals surface area contributed by atoms with Gasteiger partial charge in [-0.3, -0.25) is 14.5 Å². The Hall–Kier alpha value is -2.63. The fourth-order valence-electron chi connectivity index (χ4n) is 4.76. The molecule has 28 heavy (non-hydrogen) atoms. The smallest absolute Gasteiger partial charge is 0.234 e. The minimum absolute atomic E-state index is 0.0460. The zero-order valence-corrected chi connectivity index (χ0v) is 16.0. The minimum atomic E-state index is -0.399. The molecule has 1 aliphatic carbocycles. The molecule has 4 rings (SSSR count). The molecule has 1 aliphatic heterocycles. The predicted molar refractivity (Wildman–Crippen MR) is 103 cm³/mol. The van der Waals surface area contributed by atoms with Gasteiger partial charge in [0.25, 0.3) is 0 Å². The normalized spacial score (nSPS) is 24.7. The number of carbonyl (C=O) groups is 2. The lowest BCUT2D eigenvalue weighted by Gasteiger charge is -2.36. The molecule has 2 aliphatic rings. The summed E-state index contributed by atoms with van der Waals surface area (Å²) in [7, 11) is 0. The monoisotopic (exact) mass is 381 g/mol. The molecule has 0 bridgehead atoms. The second kappa shape index (κ2) is 7.41. The summed E-state index contributed by atoms with van der Waals surface area (Å²) in [6.45, 7) is 2.47. The largest absolute Gasteiger partial charge is 0.296 e. The van der Waals surface area contributed by atoms with Crippen LogP contribution in [0.4, 0.5) is 10.2 Å². The van der Waals surface area contributed by atoms with Gasteiger partial charge in [0.1, 0.15) is 17.5 Å². The van der Waals surface area contributed by atoms with Crippen molar-refractivity contribution in [3.05, 3.63) is 53.7 Å². The average Bonchev–Trinajstić information content (AvgIpc) is 2.97. The Morgan fingerprint density at radius 2 is 2.18 bits per heavy atom. The number of nitrogens with zero attached hydrogens (tertiary/aromatic N) is 3. The van der Waals surface area contributed by atoms with E-state index in [9.17, 15) is 14.0 Å². The molecule has 2 atom stereocenters. The van der Waals surface area contributed by atoms with Crippen molar-refractivity contribution in [2.45, 2.75) is 45.4 Å². The van der Waals surface area contributed by atoms with Crippen molar-refractivity contribution < 1.29 is 14.0 Å². The van der Waals surface area contributed by atoms with Crippen molar-refractivity contribution in [1.82, 2.24) is 9.97 Å². The zero-order chi connectivity index (χ0) is 19.7. The standard InChI is InChI=1S/C22H24FN3O2/c1-15-24-10-7-20(25-15)26-11-9-22(21(26)28)8-3-4-16(14-22)12-19(27)17-5-2-6-18(23)13-17/h2,5-7,10,13,16H,3-4,8-9,11-12,14H2,1H3/t16-,22+/m1/s1. The summed E-state index contributed by atoms with van der Waals surface area (Å²) in [6.07, 6.45) is 6.28. The summed E-state index contributed by atoms with van der Waals surface area (Å²) in [4.78, 5) is 36.1. The van der Waals surface area contributed by atoms with Gasteiger partial charge in [-0.05, 0) is 56.7 Å². The third-order valence-corrected chi connectivity index (χ3v) is 6.12. The van der Waals surface area contributed by atoms with E-state index < -0.39 is 11.2 Å². The van der Waals surface area contributed by atoms with Crippen molar-refractivity contribution in [2.75, 3.05) is 11.4 Å². The Kier molecular flexibility index (Phi) is 4.96. The van der Waals surface area contributed by atoms with Crippen molar-refractivity contribution in [3.63, 3.8) is 0 Å². The topological polar surface area (TPSA) is 63.2 Å². The number of halogens is 1. The molecule has 0 unspecified atom stereocenters. The van der Waals surface area contributed by atoms with Crippen LogP contribution in [-0.2, 0) is 4.79 Å². The lowest BCUT2D eigenvalue weighted by Crippen LogP contribution is -2.39. The van der Waals surface area contributed by atoms with Gasteiger partial charge >= 0.3 is 0 Å². The molecule has 2 heterocycles. The van der Waals surface area contributed by atoms with Crippen LogP contribution in [0.1, 0.15) is 54.7 Å². The lowest BCUT2D eigenvalue weighted by atomic mass is 9.67. The van der Waals surface area contributed by atoms with Crippen molar-refractivity contribution in [3.8, 4) is 0 Å². The summed E-state index contributed by atoms with van der Waals surface area (Å²) in [6, 6.07) is 7.63. The van der Waals surface area contributed by atoms with E-state index in [1.165, 1.54) is 12.1 Å². The first-order valence-corrected chi connectivity index (χ1v) is 9.87. The van der Waals surface area contributed by atoms with Gasteiger partial charge < -0.3 is 0 Å². The van der Waals surface area contributed by atoms with Crippen LogP contribution in [-0.4, -0.2) is 28.2 Å². The maximum atomic E-state index is 13.4. The number of benzene rings is 1. The van der Waals surface area contributed by atoms with E-state index in [-0.39, 0.29) is 17.6 Å². The number of ketones is 1. The third kappa shape index (κ3) is 3.55. The van der Waals surface area contributed by atoms with Crippen molar-refractivity contribution in [1.29, 1.82) is 0 Å². The number of amides is 1. The number of carbonyl (C=O) groups excluding carboxylic acids is 2. The number of hydrogen-bond acceptors (Lipinski definition) is 4. The first-order chi connectivity index (χ1) is 13.5. The van der Waals surface area contributed by atoms with Crippen LogP contribution in [0.2, 0.25) is 0 Å². The Labute approximate surface area is 164 Å². The van der Waals surface area contributed by atoms with Gasteiger partial charge in [0, 0.05) is 24.7 Å². The molecule has 1 amide bonds. The number of Topliss-reactive ketones (excluding diaryl/α,β-unsaturated/α-hetero) is 1. The Balaban J connectivity index is 1.47. The maximum Gasteiger partial charge on any atom is 0.234 e. The number of rotatable bonds is 4. The SMILES string of the molecule is Cc1nccc(N2CC[C@]3(CCC[C@H](CC(=O)c4cccc(F)c4)C3)C2=O)n1. The highest BCUT2D eigenvalue weighted by molar-refractivity contribution is 5.99. The number of aromatic nitrogens is 2. The molecule has 1 spiro atoms. The minimum Gasteiger partial charge on any atom is -0.296 e. The third-order valence-electron chi connectivity index (χ3n) is 6.12. The summed E-state index contributed by atoms with van der Waals surface area (Å²) < 4.78 is 13.4. The predicted octanol–water partition coefficient (Wildman–Crippen LogP) is 4.11. The molecule has 1 saturated carbocycles. The molecule has 0 radical (unpaired) electrons. The Bertz CT molecular complexity index is 916. The summed E-state index contributed by atoms with van der Waals surface area (Å²) >= 11 is 0. The molecular weight excluding hydrogens is 357 g/mol. The molecule has 2 fully saturated rings. The Morgan fingerprint density at radius 1 is 1.32 bits per heavy atom. The highest BCUT2D eigenvalue weighted by Crippen LogP contribution is 2.48. The molecule has 0 N–H and O–H groups in total. The van der Waals surface area contributed by atoms with Crippen LogP contribution in [0.25, 0.3) is 0 Å². The molecule has 6 heteroatoms. The van der Waals surface area contributed by atoms with Gasteiger partial charge in [-0.2, -0.15) is 0 Å². The van der Waals surface area contributed by atoms with E-state index in [1.54, 1.807) is 29.3 Å². The van der Waals surface area contributed by atoms with Crippen molar-refractivity contribution >= 4 is 17.5 Å². The second-order valence-corrected chi connectivity index (χ2v) is 8.05. The van der Waals surface area contributed by atoms with Crippen LogP contribution in [0.5, 0.6) is 0 Å². The average molecular weight is 381 g/mol. The van der Waals surface area contributed by atoms with Crippen LogP contribution < -0.4 is 4.90 Å². The highest BCUT2D eigenvalue weighted by Gasteiger charge is 2.49. The molecular formula is C22H24FN3O2. The molecule has 1 saturated heterocycles. The van der Waals surface area contributed by atoms with Crippen LogP contribution in [0.3, 0.4) is 0 Å². The molecule has 146 valence electrons. The van der Waals surface area contributed by atoms with Gasteiger partial charge in [0.05, 0.1) is 5.41 Å². The first kappa shape index (κ1) is 18.7. The number of anilines is 1. The summed E-state index contributed by atoms with van der Waals surface area (Å²) in [5, 5.41) is 0. The van der Waals surface area contributed by atoms with Crippen LogP contribution >= 0.6 is 0 Å². The second-order valence-electron chi connectivity index (χ2n) is 8.05. The molecule has 1 aromatic heterocycles. The van der Waals surface area contributed by atoms with E-state index in [0.29, 0.717) is 36.6 Å². The van der Waals surface area contributed by atoms with Gasteiger partial charge in [-0.25, -0.2) is 14.4 Å². The number of hydrogen-bond donors (Lipinski definition) is 0. The van der Waals surface area contributed by atoms with E-state index >= 15 is 0 Å². The van der Waals surface area contributed by atoms with Gasteiger partial charge in [0.15, 0.2) is 5.78 Å². The highest BCUT2D eigenvalue weighted by atomic mass is 19.1. The fourth-order valence-corrected chi connectivity index (χ4v) is 4.76. The molecule has 5 nitrogen and oxygen atoms in total. The lowest BCUT2D eigenvalue weighted by molar-refractivity contribution is -0.128. The summed E-state index contributed by atoms with van der Waals surface area (Å²) in [5.41, 5.74) is 0.0136. The maximum absolute atomic E-state index is 13.4. The van der Waals surface area contributed by atoms with E-state index in [0.717, 1.165) is 25.7 Å². The number of aryl methyl sites for hydroxylation is 1. The Morgan fingerprint density at radius 3 is 2.96 bits per heavy atom. The quantitative estimate of drug-likeness (QED) is 0.748. The van der Waals surface area contributed by atoms with Crippen LogP contribution in [0, 0.1) is 24.1 Å². The van der Waals surface area contributed by atoms with E-state index in [4.69, 9.17) is 0 Å². The first-order valence-electron chi connectivity index (χ1n) is 9.87. The summed E-state index contributed by atoms with van der Waals surface area (Å²) in [5.74, 6) is 1.14. The van der Waals surface area contributed by atoms with E-state index in [2.05, 4.69) is 9.97 Å². The van der Waals surface area contributed by atoms with Gasteiger partial charge in [-0.15, -0.1) is 0 Å². The van der Waals surface area contributed by atoms with Crippen molar-refractivity contribution in [2.24, 2.45) is 11.3 Å². The van der Waals surface area contributed by atoms with Crippen LogP contribution in [0.15, 0.2) is 36.5 Å². The van der Waals surface area contributed by atoms with Gasteiger partial charge in [-0.1, -0.05) is 18.6 Å².